The van der Waals surface area contributed by atoms with E-state index in [0.717, 1.165) is 6.92 Å². The Morgan fingerprint density at radius 3 is 1.66 bits per heavy atom. The van der Waals surface area contributed by atoms with E-state index in [1.807, 2.05) is 0 Å². The molecule has 0 unspecified atom stereocenters. The van der Waals surface area contributed by atoms with Crippen LogP contribution in [0.1, 0.15) is 13.8 Å². The van der Waals surface area contributed by atoms with Gasteiger partial charge >= 0.3 is 0 Å². The van der Waals surface area contributed by atoms with Crippen LogP contribution in [0.3, 0.4) is 0 Å². The number of carbonyl (C=O) groups is 1. The van der Waals surface area contributed by atoms with Crippen molar-refractivity contribution in [1.29, 1.82) is 0 Å². The molecule has 20 atom stereocenters. The van der Waals surface area contributed by atoms with Gasteiger partial charge in [0.2, 0.25) is 5.91 Å². The number of carbonyl (C=O) groups excluding carboxylic acids is 1. The molecule has 47 heavy (non-hydrogen) atoms. The molecule has 0 radical (unpaired) electrons. The standard InChI is InChI=1S/C26H45NO20/c1-6-12(32)17(37)18(38)25(41-6)47-22-21(46-24-11(27-7(2)31)16(36)13(33)8(3-28)43-24)15(35)10(5-30)44-26(22)45-20-14(34)9(4-29)42-23(40)19(20)39/h6,8-26,28-30,32-40H,3-5H2,1-2H3,(H,27,31)/t6-,8+,9+,10+,11+,12+,13-,14-,15-,16+,17+,18-,19+,20-,21-,22+,23+,24-,25-,26+/m0/s1. The lowest BCUT2D eigenvalue weighted by Crippen LogP contribution is -2.69. The first-order valence-electron chi connectivity index (χ1n) is 15.0. The van der Waals surface area contributed by atoms with Gasteiger partial charge in [-0.15, -0.1) is 0 Å². The van der Waals surface area contributed by atoms with Gasteiger partial charge in [-0.2, -0.15) is 0 Å². The highest BCUT2D eigenvalue weighted by atomic mass is 16.8. The van der Waals surface area contributed by atoms with Gasteiger partial charge in [0.05, 0.1) is 25.9 Å². The highest BCUT2D eigenvalue weighted by molar-refractivity contribution is 5.73. The fourth-order valence-corrected chi connectivity index (χ4v) is 5.86. The van der Waals surface area contributed by atoms with Crippen LogP contribution in [0.5, 0.6) is 0 Å². The number of ether oxygens (including phenoxy) is 7. The fourth-order valence-electron chi connectivity index (χ4n) is 5.86. The zero-order chi connectivity index (χ0) is 34.9. The summed E-state index contributed by atoms with van der Waals surface area (Å²) in [7, 11) is 0. The van der Waals surface area contributed by atoms with Crippen LogP contribution in [0.15, 0.2) is 0 Å². The zero-order valence-electron chi connectivity index (χ0n) is 25.3. The van der Waals surface area contributed by atoms with Crippen molar-refractivity contribution < 1.29 is 99.2 Å². The number of aliphatic hydroxyl groups is 12. The van der Waals surface area contributed by atoms with Crippen molar-refractivity contribution >= 4 is 5.91 Å². The van der Waals surface area contributed by atoms with E-state index in [0.29, 0.717) is 0 Å². The van der Waals surface area contributed by atoms with Crippen LogP contribution in [0.2, 0.25) is 0 Å². The molecule has 0 aromatic heterocycles. The molecule has 4 rings (SSSR count). The maximum atomic E-state index is 12.0. The highest BCUT2D eigenvalue weighted by Crippen LogP contribution is 2.35. The molecule has 0 aromatic carbocycles. The van der Waals surface area contributed by atoms with Crippen molar-refractivity contribution in [1.82, 2.24) is 5.32 Å². The van der Waals surface area contributed by atoms with Crippen molar-refractivity contribution in [3.05, 3.63) is 0 Å². The van der Waals surface area contributed by atoms with Crippen molar-refractivity contribution in [2.45, 2.75) is 137 Å². The summed E-state index contributed by atoms with van der Waals surface area (Å²) in [5.41, 5.74) is 0. The summed E-state index contributed by atoms with van der Waals surface area (Å²) >= 11 is 0. The second-order valence-corrected chi connectivity index (χ2v) is 11.9. The summed E-state index contributed by atoms with van der Waals surface area (Å²) in [6, 6.07) is -1.54. The Morgan fingerprint density at radius 1 is 0.553 bits per heavy atom. The van der Waals surface area contributed by atoms with Crippen molar-refractivity contribution in [2.24, 2.45) is 0 Å². The molecule has 4 aliphatic rings. The van der Waals surface area contributed by atoms with Gasteiger partial charge in [0.25, 0.3) is 0 Å². The fraction of sp³-hybridized carbons (Fsp3) is 0.962. The second-order valence-electron chi connectivity index (χ2n) is 11.9. The van der Waals surface area contributed by atoms with Crippen LogP contribution >= 0.6 is 0 Å². The van der Waals surface area contributed by atoms with Crippen molar-refractivity contribution in [3.63, 3.8) is 0 Å². The molecule has 0 aromatic rings. The van der Waals surface area contributed by atoms with Crippen molar-refractivity contribution in [3.8, 4) is 0 Å². The molecule has 13 N–H and O–H groups in total. The zero-order valence-corrected chi connectivity index (χ0v) is 25.3. The van der Waals surface area contributed by atoms with Gasteiger partial charge in [0, 0.05) is 6.92 Å². The SMILES string of the molecule is CC(=O)N[C@H]1[C@H](O[C@H]2[C@@H](O)[C@@H](CO)O[C@H](O[C@@H]3[C@@H](O)[C@H](O)O[C@H](CO)[C@@H]3O)[C@@H]2O[C@@H]2O[C@@H](C)[C@@H](O)[C@@H](O)[C@@H]2O)O[C@H](CO)[C@H](O)[C@@H]1O. The molecule has 0 bridgehead atoms. The Kier molecular flexibility index (Phi) is 13.2. The summed E-state index contributed by atoms with van der Waals surface area (Å²) < 4.78 is 39.5. The van der Waals surface area contributed by atoms with Gasteiger partial charge in [0.15, 0.2) is 25.2 Å². The number of rotatable bonds is 10. The summed E-state index contributed by atoms with van der Waals surface area (Å²) in [6.45, 7) is -0.159. The molecule has 21 heteroatoms. The quantitative estimate of drug-likeness (QED) is 0.101. The van der Waals surface area contributed by atoms with Gasteiger partial charge in [-0.25, -0.2) is 0 Å². The molecule has 0 aliphatic carbocycles. The average molecular weight is 692 g/mol. The largest absolute Gasteiger partial charge is 0.394 e. The molecule has 274 valence electrons. The normalized spacial score (nSPS) is 51.0. The van der Waals surface area contributed by atoms with E-state index >= 15 is 0 Å². The first-order valence-corrected chi connectivity index (χ1v) is 15.0. The Bertz CT molecular complexity index is 1010. The Balaban J connectivity index is 1.73. The molecule has 4 fully saturated rings. The number of amides is 1. The van der Waals surface area contributed by atoms with Gasteiger partial charge in [0.1, 0.15) is 91.5 Å². The minimum absolute atomic E-state index is 0.713. The van der Waals surface area contributed by atoms with Gasteiger partial charge in [-0.05, 0) is 6.92 Å². The Labute approximate surface area is 267 Å². The molecular formula is C26H45NO20. The highest BCUT2D eigenvalue weighted by Gasteiger charge is 2.56. The Hall–Kier alpha value is -1.29. The van der Waals surface area contributed by atoms with Crippen LogP contribution in [0.25, 0.3) is 0 Å². The van der Waals surface area contributed by atoms with E-state index in [4.69, 9.17) is 33.2 Å². The van der Waals surface area contributed by atoms with Crippen LogP contribution in [0, 0.1) is 0 Å². The predicted octanol–water partition coefficient (Wildman–Crippen LogP) is -8.58. The lowest BCUT2D eigenvalue weighted by molar-refractivity contribution is -0.400. The smallest absolute Gasteiger partial charge is 0.217 e. The minimum atomic E-state index is -1.98. The molecule has 1 amide bonds. The first kappa shape index (κ1) is 38.5. The van der Waals surface area contributed by atoms with Gasteiger partial charge in [-0.1, -0.05) is 0 Å². The molecular weight excluding hydrogens is 646 g/mol. The van der Waals surface area contributed by atoms with E-state index in [1.165, 1.54) is 6.92 Å². The third kappa shape index (κ3) is 8.04. The van der Waals surface area contributed by atoms with E-state index in [9.17, 15) is 66.1 Å². The lowest BCUT2D eigenvalue weighted by Gasteiger charge is -2.50. The van der Waals surface area contributed by atoms with Crippen LogP contribution in [-0.4, -0.2) is 210 Å². The van der Waals surface area contributed by atoms with Gasteiger partial charge in [-0.3, -0.25) is 4.79 Å². The maximum absolute atomic E-state index is 12.0. The van der Waals surface area contributed by atoms with Crippen LogP contribution in [-0.2, 0) is 38.0 Å². The summed E-state index contributed by atoms with van der Waals surface area (Å²) in [5, 5.41) is 127. The van der Waals surface area contributed by atoms with Crippen molar-refractivity contribution in [2.75, 3.05) is 19.8 Å². The summed E-state index contributed by atoms with van der Waals surface area (Å²) in [6.07, 6.45) is -33.2. The molecule has 4 aliphatic heterocycles. The lowest BCUT2D eigenvalue weighted by atomic mass is 9.94. The molecule has 0 saturated carbocycles. The van der Waals surface area contributed by atoms with E-state index in [-0.39, 0.29) is 0 Å². The van der Waals surface area contributed by atoms with E-state index in [2.05, 4.69) is 5.32 Å². The average Bonchev–Trinajstić information content (AvgIpc) is 3.04. The Morgan fingerprint density at radius 2 is 1.06 bits per heavy atom. The molecule has 21 nitrogen and oxygen atoms in total. The summed E-state index contributed by atoms with van der Waals surface area (Å²) in [4.78, 5) is 12.0. The third-order valence-electron chi connectivity index (χ3n) is 8.57. The minimum Gasteiger partial charge on any atom is -0.394 e. The number of hydrogen-bond acceptors (Lipinski definition) is 20. The first-order chi connectivity index (χ1) is 22.1. The number of aliphatic hydroxyl groups excluding tert-OH is 12. The van der Waals surface area contributed by atoms with E-state index < -0.39 is 148 Å². The number of hydrogen-bond donors (Lipinski definition) is 13. The summed E-state index contributed by atoms with van der Waals surface area (Å²) in [5.74, 6) is -0.713. The maximum Gasteiger partial charge on any atom is 0.217 e. The number of nitrogens with one attached hydrogen (secondary N) is 1. The topological polar surface area (TPSA) is 336 Å². The molecule has 4 heterocycles. The van der Waals surface area contributed by atoms with Crippen LogP contribution in [0.4, 0.5) is 0 Å². The van der Waals surface area contributed by atoms with Crippen LogP contribution < -0.4 is 5.32 Å². The monoisotopic (exact) mass is 691 g/mol. The molecule has 0 spiro atoms. The third-order valence-corrected chi connectivity index (χ3v) is 8.57. The molecule has 4 saturated heterocycles. The predicted molar refractivity (Wildman–Crippen MR) is 144 cm³/mol. The van der Waals surface area contributed by atoms with Gasteiger partial charge < -0.3 is 99.8 Å². The van der Waals surface area contributed by atoms with E-state index in [1.54, 1.807) is 0 Å². The second kappa shape index (κ2) is 16.2.